The van der Waals surface area contributed by atoms with Gasteiger partial charge in [0.1, 0.15) is 5.82 Å². The third kappa shape index (κ3) is 2.42. The van der Waals surface area contributed by atoms with Crippen LogP contribution in [0.4, 0.5) is 4.39 Å². The first kappa shape index (κ1) is 11.8. The van der Waals surface area contributed by atoms with E-state index in [9.17, 15) is 4.39 Å². The Balaban J connectivity index is 1.67. The Morgan fingerprint density at radius 1 is 1.11 bits per heavy atom. The molecule has 3 rings (SSSR count). The largest absolute Gasteiger partial charge is 0.305 e. The molecule has 0 amide bonds. The van der Waals surface area contributed by atoms with Crippen molar-refractivity contribution in [2.75, 3.05) is 5.75 Å². The van der Waals surface area contributed by atoms with Crippen molar-refractivity contribution >= 4 is 11.8 Å². The molecule has 0 spiro atoms. The van der Waals surface area contributed by atoms with Crippen LogP contribution >= 0.6 is 11.8 Å². The second kappa shape index (κ2) is 5.12. The Hall–Kier alpha value is -1.32. The Kier molecular flexibility index (Phi) is 3.35. The predicted molar refractivity (Wildman–Crippen MR) is 73.1 cm³/mol. The van der Waals surface area contributed by atoms with E-state index in [0.29, 0.717) is 6.04 Å². The van der Waals surface area contributed by atoms with Gasteiger partial charge in [0.15, 0.2) is 0 Å². The van der Waals surface area contributed by atoms with Gasteiger partial charge in [0, 0.05) is 23.2 Å². The molecule has 1 aliphatic heterocycles. The van der Waals surface area contributed by atoms with Crippen LogP contribution in [0.15, 0.2) is 53.4 Å². The van der Waals surface area contributed by atoms with Crippen LogP contribution in [0.1, 0.15) is 17.2 Å². The number of hydrogen-bond acceptors (Lipinski definition) is 2. The maximum atomic E-state index is 12.8. The minimum atomic E-state index is -0.180. The molecule has 0 saturated heterocycles. The number of halogens is 1. The van der Waals surface area contributed by atoms with E-state index >= 15 is 0 Å². The van der Waals surface area contributed by atoms with Crippen molar-refractivity contribution in [1.29, 1.82) is 0 Å². The van der Waals surface area contributed by atoms with Gasteiger partial charge in [0.05, 0.1) is 0 Å². The van der Waals surface area contributed by atoms with E-state index < -0.39 is 0 Å². The fraction of sp³-hybridized carbons (Fsp3) is 0.200. The van der Waals surface area contributed by atoms with E-state index in [1.807, 2.05) is 23.9 Å². The zero-order chi connectivity index (χ0) is 12.4. The number of benzene rings is 2. The highest BCUT2D eigenvalue weighted by atomic mass is 32.2. The molecule has 18 heavy (non-hydrogen) atoms. The van der Waals surface area contributed by atoms with Crippen molar-refractivity contribution in [2.45, 2.75) is 17.5 Å². The molecule has 0 radical (unpaired) electrons. The monoisotopic (exact) mass is 259 g/mol. The molecule has 0 aliphatic carbocycles. The van der Waals surface area contributed by atoms with Crippen LogP contribution in [0, 0.1) is 5.82 Å². The van der Waals surface area contributed by atoms with Crippen molar-refractivity contribution in [3.05, 3.63) is 65.5 Å². The number of thioether (sulfide) groups is 1. The van der Waals surface area contributed by atoms with E-state index in [1.54, 1.807) is 0 Å². The lowest BCUT2D eigenvalue weighted by Crippen LogP contribution is -2.20. The first-order chi connectivity index (χ1) is 8.83. The van der Waals surface area contributed by atoms with Crippen LogP contribution in [0.5, 0.6) is 0 Å². The molecule has 0 aromatic heterocycles. The highest BCUT2D eigenvalue weighted by Crippen LogP contribution is 2.37. The SMILES string of the molecule is Fc1ccc(CNC2CSc3ccccc32)cc1. The maximum absolute atomic E-state index is 12.8. The summed E-state index contributed by atoms with van der Waals surface area (Å²) in [5, 5.41) is 3.53. The van der Waals surface area contributed by atoms with Gasteiger partial charge in [-0.2, -0.15) is 0 Å². The molecular formula is C15H14FNS. The Morgan fingerprint density at radius 2 is 1.89 bits per heavy atom. The predicted octanol–water partition coefficient (Wildman–Crippen LogP) is 3.76. The van der Waals surface area contributed by atoms with Crippen molar-refractivity contribution < 1.29 is 4.39 Å². The first-order valence-electron chi connectivity index (χ1n) is 6.02. The van der Waals surface area contributed by atoms with Gasteiger partial charge in [-0.15, -0.1) is 11.8 Å². The summed E-state index contributed by atoms with van der Waals surface area (Å²) < 4.78 is 12.8. The zero-order valence-corrected chi connectivity index (χ0v) is 10.7. The molecule has 1 heterocycles. The fourth-order valence-electron chi connectivity index (χ4n) is 2.17. The molecule has 0 fully saturated rings. The van der Waals surface area contributed by atoms with Crippen molar-refractivity contribution in [3.8, 4) is 0 Å². The van der Waals surface area contributed by atoms with Crippen molar-refractivity contribution in [2.24, 2.45) is 0 Å². The highest BCUT2D eigenvalue weighted by molar-refractivity contribution is 7.99. The summed E-state index contributed by atoms with van der Waals surface area (Å²) in [4.78, 5) is 1.37. The molecule has 2 aromatic rings. The average Bonchev–Trinajstić information content (AvgIpc) is 2.82. The molecule has 3 heteroatoms. The summed E-state index contributed by atoms with van der Waals surface area (Å²) >= 11 is 1.89. The summed E-state index contributed by atoms with van der Waals surface area (Å²) in [7, 11) is 0. The number of hydrogen-bond donors (Lipinski definition) is 1. The summed E-state index contributed by atoms with van der Waals surface area (Å²) in [5.41, 5.74) is 2.50. The summed E-state index contributed by atoms with van der Waals surface area (Å²) in [6.07, 6.45) is 0. The van der Waals surface area contributed by atoms with Crippen LogP contribution in [0.3, 0.4) is 0 Å². The van der Waals surface area contributed by atoms with Gasteiger partial charge in [-0.25, -0.2) is 4.39 Å². The van der Waals surface area contributed by atoms with E-state index in [0.717, 1.165) is 17.9 Å². The molecule has 1 nitrogen and oxygen atoms in total. The second-order valence-corrected chi connectivity index (χ2v) is 5.47. The van der Waals surface area contributed by atoms with Gasteiger partial charge >= 0.3 is 0 Å². The smallest absolute Gasteiger partial charge is 0.123 e. The second-order valence-electron chi connectivity index (χ2n) is 4.41. The van der Waals surface area contributed by atoms with E-state index in [-0.39, 0.29) is 5.82 Å². The third-order valence-corrected chi connectivity index (χ3v) is 4.35. The van der Waals surface area contributed by atoms with Gasteiger partial charge in [-0.3, -0.25) is 0 Å². The topological polar surface area (TPSA) is 12.0 Å². The van der Waals surface area contributed by atoms with E-state index in [2.05, 4.69) is 29.6 Å². The van der Waals surface area contributed by atoms with Crippen LogP contribution in [-0.2, 0) is 6.54 Å². The minimum absolute atomic E-state index is 0.180. The van der Waals surface area contributed by atoms with Gasteiger partial charge in [-0.1, -0.05) is 30.3 Å². The van der Waals surface area contributed by atoms with E-state index in [1.165, 1.54) is 22.6 Å². The molecule has 2 aromatic carbocycles. The molecule has 1 atom stereocenters. The van der Waals surface area contributed by atoms with Crippen molar-refractivity contribution in [3.63, 3.8) is 0 Å². The lowest BCUT2D eigenvalue weighted by molar-refractivity contribution is 0.581. The summed E-state index contributed by atoms with van der Waals surface area (Å²) in [6.45, 7) is 0.778. The van der Waals surface area contributed by atoms with Gasteiger partial charge in [0.2, 0.25) is 0 Å². The summed E-state index contributed by atoms with van der Waals surface area (Å²) in [5.74, 6) is 0.890. The normalized spacial score (nSPS) is 17.7. The van der Waals surface area contributed by atoms with Gasteiger partial charge < -0.3 is 5.32 Å². The quantitative estimate of drug-likeness (QED) is 0.900. The first-order valence-corrected chi connectivity index (χ1v) is 7.01. The average molecular weight is 259 g/mol. The third-order valence-electron chi connectivity index (χ3n) is 3.17. The molecule has 0 bridgehead atoms. The van der Waals surface area contributed by atoms with Crippen LogP contribution in [0.2, 0.25) is 0 Å². The Labute approximate surface area is 110 Å². The maximum Gasteiger partial charge on any atom is 0.123 e. The van der Waals surface area contributed by atoms with Crippen LogP contribution < -0.4 is 5.32 Å². The zero-order valence-electron chi connectivity index (χ0n) is 9.90. The lowest BCUT2D eigenvalue weighted by atomic mass is 10.1. The van der Waals surface area contributed by atoms with Gasteiger partial charge in [0.25, 0.3) is 0 Å². The molecule has 1 aliphatic rings. The minimum Gasteiger partial charge on any atom is -0.305 e. The van der Waals surface area contributed by atoms with Crippen LogP contribution in [-0.4, -0.2) is 5.75 Å². The van der Waals surface area contributed by atoms with Crippen LogP contribution in [0.25, 0.3) is 0 Å². The highest BCUT2D eigenvalue weighted by Gasteiger charge is 2.21. The Bertz CT molecular complexity index is 538. The Morgan fingerprint density at radius 3 is 2.72 bits per heavy atom. The number of nitrogens with one attached hydrogen (secondary N) is 1. The van der Waals surface area contributed by atoms with Gasteiger partial charge in [-0.05, 0) is 29.3 Å². The number of fused-ring (bicyclic) bond motifs is 1. The molecule has 1 unspecified atom stereocenters. The fourth-order valence-corrected chi connectivity index (χ4v) is 3.37. The molecule has 92 valence electrons. The molecular weight excluding hydrogens is 245 g/mol. The lowest BCUT2D eigenvalue weighted by Gasteiger charge is -2.13. The molecule has 1 N–H and O–H groups in total. The number of rotatable bonds is 3. The standard InChI is InChI=1S/C15H14FNS/c16-12-7-5-11(6-8-12)9-17-14-10-18-15-4-2-1-3-13(14)15/h1-8,14,17H,9-10H2. The summed E-state index contributed by atoms with van der Waals surface area (Å²) in [6, 6.07) is 15.6. The van der Waals surface area contributed by atoms with E-state index in [4.69, 9.17) is 0 Å². The molecule has 0 saturated carbocycles. The van der Waals surface area contributed by atoms with Crippen molar-refractivity contribution in [1.82, 2.24) is 5.32 Å².